The highest BCUT2D eigenvalue weighted by molar-refractivity contribution is 5.80. The standard InChI is InChI=1S/C51H93NO9/c1-3-5-7-9-11-13-15-17-19-21-22-23-24-26-28-30-32-34-36-38-40-45(55)50(59)52-43(42-60-51-49(58)48(57)47(56)46(41-53)61-51)44(54)39-37-35-33-31-29-27-25-20-18-16-14-12-10-8-6-4-2/h5,7,11,13,29,31,37,39,43-49,51,53-58H,3-4,6,8-10,12,14-28,30,32-36,38,40-42H2,1-2H3,(H,52,59)/b7-5-,13-11-,31-29+,39-37+. The van der Waals surface area contributed by atoms with Crippen molar-refractivity contribution in [2.24, 2.45) is 0 Å². The highest BCUT2D eigenvalue weighted by Crippen LogP contribution is 2.23. The fraction of sp³-hybridized carbons (Fsp3) is 0.824. The van der Waals surface area contributed by atoms with Crippen LogP contribution >= 0.6 is 0 Å². The van der Waals surface area contributed by atoms with Crippen molar-refractivity contribution in [3.05, 3.63) is 48.6 Å². The smallest absolute Gasteiger partial charge is 0.249 e. The number of carbonyl (C=O) groups excluding carboxylic acids is 1. The van der Waals surface area contributed by atoms with E-state index in [0.29, 0.717) is 19.3 Å². The molecular formula is C51H93NO9. The van der Waals surface area contributed by atoms with Gasteiger partial charge in [-0.3, -0.25) is 4.79 Å². The zero-order chi connectivity index (χ0) is 44.6. The van der Waals surface area contributed by atoms with Crippen molar-refractivity contribution < 1.29 is 44.9 Å². The minimum absolute atomic E-state index is 0.302. The van der Waals surface area contributed by atoms with E-state index in [-0.39, 0.29) is 6.61 Å². The van der Waals surface area contributed by atoms with E-state index in [9.17, 15) is 35.4 Å². The molecule has 8 unspecified atom stereocenters. The molecule has 1 fully saturated rings. The summed E-state index contributed by atoms with van der Waals surface area (Å²) in [6.45, 7) is 3.49. The number of aliphatic hydroxyl groups is 6. The Labute approximate surface area is 372 Å². The number of hydrogen-bond donors (Lipinski definition) is 7. The molecule has 1 saturated heterocycles. The van der Waals surface area contributed by atoms with Crippen molar-refractivity contribution in [1.82, 2.24) is 5.32 Å². The number of aliphatic hydroxyl groups excluding tert-OH is 6. The van der Waals surface area contributed by atoms with Crippen LogP contribution in [0.3, 0.4) is 0 Å². The lowest BCUT2D eigenvalue weighted by Crippen LogP contribution is -2.60. The van der Waals surface area contributed by atoms with Crippen LogP contribution in [0.15, 0.2) is 48.6 Å². The van der Waals surface area contributed by atoms with Crippen LogP contribution in [0.25, 0.3) is 0 Å². The van der Waals surface area contributed by atoms with Gasteiger partial charge in [0.15, 0.2) is 6.29 Å². The van der Waals surface area contributed by atoms with E-state index in [1.54, 1.807) is 6.08 Å². The van der Waals surface area contributed by atoms with Crippen molar-refractivity contribution in [2.75, 3.05) is 13.2 Å². The summed E-state index contributed by atoms with van der Waals surface area (Å²) in [6, 6.07) is -0.997. The first-order valence-corrected chi connectivity index (χ1v) is 25.0. The summed E-state index contributed by atoms with van der Waals surface area (Å²) in [7, 11) is 0. The zero-order valence-corrected chi connectivity index (χ0v) is 38.8. The molecule has 356 valence electrons. The van der Waals surface area contributed by atoms with Crippen molar-refractivity contribution in [3.8, 4) is 0 Å². The Balaban J connectivity index is 2.37. The van der Waals surface area contributed by atoms with Gasteiger partial charge in [-0.1, -0.05) is 197 Å². The monoisotopic (exact) mass is 864 g/mol. The Morgan fingerprint density at radius 2 is 1.07 bits per heavy atom. The molecule has 0 aliphatic carbocycles. The Morgan fingerprint density at radius 3 is 1.61 bits per heavy atom. The number of amides is 1. The molecule has 0 radical (unpaired) electrons. The molecule has 0 aromatic rings. The summed E-state index contributed by atoms with van der Waals surface area (Å²) in [4.78, 5) is 13.1. The van der Waals surface area contributed by atoms with Crippen LogP contribution in [0.1, 0.15) is 206 Å². The highest BCUT2D eigenvalue weighted by atomic mass is 16.7. The second-order valence-corrected chi connectivity index (χ2v) is 17.4. The second-order valence-electron chi connectivity index (χ2n) is 17.4. The van der Waals surface area contributed by atoms with E-state index >= 15 is 0 Å². The third-order valence-electron chi connectivity index (χ3n) is 11.7. The van der Waals surface area contributed by atoms with Gasteiger partial charge < -0.3 is 45.4 Å². The average Bonchev–Trinajstić information content (AvgIpc) is 3.26. The SMILES string of the molecule is CC/C=C\C/C=C\CCCCCCCCCCCCCCCC(O)C(=O)NC(COC1OC(CO)C(O)C(O)C1O)C(O)/C=C/CC/C=C/CCCCCCCCCCCC. The predicted octanol–water partition coefficient (Wildman–Crippen LogP) is 9.98. The molecule has 0 aromatic carbocycles. The second kappa shape index (κ2) is 40.9. The Hall–Kier alpha value is -1.89. The zero-order valence-electron chi connectivity index (χ0n) is 38.8. The molecule has 1 aliphatic rings. The first kappa shape index (κ1) is 57.1. The molecule has 1 rings (SSSR count). The molecule has 1 heterocycles. The average molecular weight is 864 g/mol. The fourth-order valence-electron chi connectivity index (χ4n) is 7.69. The number of rotatable bonds is 41. The number of ether oxygens (including phenoxy) is 2. The van der Waals surface area contributed by atoms with Crippen LogP contribution in [0, 0.1) is 0 Å². The molecular weight excluding hydrogens is 771 g/mol. The van der Waals surface area contributed by atoms with E-state index in [1.165, 1.54) is 128 Å². The van der Waals surface area contributed by atoms with E-state index < -0.39 is 61.5 Å². The number of unbranched alkanes of at least 4 members (excludes halogenated alkanes) is 24. The van der Waals surface area contributed by atoms with E-state index in [4.69, 9.17) is 9.47 Å². The van der Waals surface area contributed by atoms with Crippen LogP contribution < -0.4 is 5.32 Å². The van der Waals surface area contributed by atoms with Gasteiger partial charge in [0.1, 0.15) is 30.5 Å². The maximum atomic E-state index is 13.1. The summed E-state index contributed by atoms with van der Waals surface area (Å²) in [5.41, 5.74) is 0. The summed E-state index contributed by atoms with van der Waals surface area (Å²) in [5.74, 6) is -0.628. The summed E-state index contributed by atoms with van der Waals surface area (Å²) in [5, 5.41) is 64.8. The van der Waals surface area contributed by atoms with Gasteiger partial charge in [0.05, 0.1) is 25.4 Å². The van der Waals surface area contributed by atoms with E-state index in [2.05, 4.69) is 55.6 Å². The molecule has 61 heavy (non-hydrogen) atoms. The largest absolute Gasteiger partial charge is 0.394 e. The van der Waals surface area contributed by atoms with Crippen molar-refractivity contribution in [1.29, 1.82) is 0 Å². The van der Waals surface area contributed by atoms with Crippen LogP contribution in [-0.2, 0) is 14.3 Å². The summed E-state index contributed by atoms with van der Waals surface area (Å²) in [6.07, 6.45) is 42.0. The number of allylic oxidation sites excluding steroid dienone is 7. The van der Waals surface area contributed by atoms with Gasteiger partial charge >= 0.3 is 0 Å². The lowest BCUT2D eigenvalue weighted by atomic mass is 9.99. The molecule has 0 bridgehead atoms. The van der Waals surface area contributed by atoms with Gasteiger partial charge in [-0.2, -0.15) is 0 Å². The predicted molar refractivity (Wildman–Crippen MR) is 250 cm³/mol. The fourth-order valence-corrected chi connectivity index (χ4v) is 7.69. The molecule has 0 spiro atoms. The lowest BCUT2D eigenvalue weighted by Gasteiger charge is -2.40. The van der Waals surface area contributed by atoms with Crippen LogP contribution in [-0.4, -0.2) is 98.7 Å². The van der Waals surface area contributed by atoms with E-state index in [1.807, 2.05) is 6.08 Å². The minimum atomic E-state index is -1.62. The third-order valence-corrected chi connectivity index (χ3v) is 11.7. The van der Waals surface area contributed by atoms with Gasteiger partial charge in [0, 0.05) is 0 Å². The highest BCUT2D eigenvalue weighted by Gasteiger charge is 2.44. The minimum Gasteiger partial charge on any atom is -0.394 e. The van der Waals surface area contributed by atoms with Crippen molar-refractivity contribution >= 4 is 5.91 Å². The maximum Gasteiger partial charge on any atom is 0.249 e. The van der Waals surface area contributed by atoms with Gasteiger partial charge in [0.2, 0.25) is 5.91 Å². The molecule has 10 heteroatoms. The normalized spacial score (nSPS) is 21.3. The number of carbonyl (C=O) groups is 1. The van der Waals surface area contributed by atoms with Crippen LogP contribution in [0.2, 0.25) is 0 Å². The van der Waals surface area contributed by atoms with Gasteiger partial charge in [0.25, 0.3) is 0 Å². The molecule has 7 N–H and O–H groups in total. The first-order chi connectivity index (χ1) is 29.8. The molecule has 0 saturated carbocycles. The topological polar surface area (TPSA) is 169 Å². The van der Waals surface area contributed by atoms with Crippen molar-refractivity contribution in [2.45, 2.75) is 255 Å². The lowest BCUT2D eigenvalue weighted by molar-refractivity contribution is -0.302. The molecule has 0 aromatic heterocycles. The molecule has 8 atom stereocenters. The Kier molecular flexibility index (Phi) is 38.3. The van der Waals surface area contributed by atoms with Crippen LogP contribution in [0.4, 0.5) is 0 Å². The number of nitrogens with one attached hydrogen (secondary N) is 1. The maximum absolute atomic E-state index is 13.1. The van der Waals surface area contributed by atoms with Crippen LogP contribution in [0.5, 0.6) is 0 Å². The summed E-state index contributed by atoms with van der Waals surface area (Å²) >= 11 is 0. The van der Waals surface area contributed by atoms with Gasteiger partial charge in [-0.25, -0.2) is 0 Å². The van der Waals surface area contributed by atoms with Gasteiger partial charge in [-0.15, -0.1) is 0 Å². The molecule has 1 amide bonds. The quantitative estimate of drug-likeness (QED) is 0.0234. The van der Waals surface area contributed by atoms with Gasteiger partial charge in [-0.05, 0) is 57.8 Å². The summed E-state index contributed by atoms with van der Waals surface area (Å²) < 4.78 is 11.1. The van der Waals surface area contributed by atoms with E-state index in [0.717, 1.165) is 44.9 Å². The molecule has 1 aliphatic heterocycles. The molecule has 10 nitrogen and oxygen atoms in total. The van der Waals surface area contributed by atoms with Crippen molar-refractivity contribution in [3.63, 3.8) is 0 Å². The number of hydrogen-bond acceptors (Lipinski definition) is 9. The Bertz CT molecular complexity index is 1110. The third kappa shape index (κ3) is 30.8. The first-order valence-electron chi connectivity index (χ1n) is 25.0. The Morgan fingerprint density at radius 1 is 0.590 bits per heavy atom.